The summed E-state index contributed by atoms with van der Waals surface area (Å²) in [4.78, 5) is 45.5. The van der Waals surface area contributed by atoms with Gasteiger partial charge < -0.3 is 15.4 Å². The quantitative estimate of drug-likeness (QED) is 0.653. The molecule has 0 aromatic heterocycles. The normalized spacial score (nSPS) is 11.8. The number of carbonyl (C=O) groups excluding carboxylic acids is 4. The lowest BCUT2D eigenvalue weighted by Gasteiger charge is -2.16. The number of hydrogen-bond acceptors (Lipinski definition) is 4. The Morgan fingerprint density at radius 2 is 1.50 bits per heavy atom. The van der Waals surface area contributed by atoms with Crippen LogP contribution in [-0.4, -0.2) is 35.5 Å². The van der Waals surface area contributed by atoms with Crippen LogP contribution in [0.3, 0.4) is 0 Å². The summed E-state index contributed by atoms with van der Waals surface area (Å²) in [5.41, 5.74) is 0. The largest absolute Gasteiger partial charge is 0.354 e. The highest BCUT2D eigenvalue weighted by Crippen LogP contribution is 2.05. The Hall–Kier alpha value is -1.72. The molecule has 1 atom stereocenters. The maximum atomic E-state index is 12.0. The lowest BCUT2D eigenvalue weighted by Crippen LogP contribution is -2.40. The second-order valence-corrected chi connectivity index (χ2v) is 5.18. The van der Waals surface area contributed by atoms with Crippen LogP contribution in [0, 0.1) is 0 Å². The van der Waals surface area contributed by atoms with E-state index in [-0.39, 0.29) is 55.1 Å². The van der Waals surface area contributed by atoms with Gasteiger partial charge in [-0.3, -0.25) is 14.4 Å². The lowest BCUT2D eigenvalue weighted by atomic mass is 10.0. The van der Waals surface area contributed by atoms with Gasteiger partial charge in [0.05, 0.1) is 6.04 Å². The van der Waals surface area contributed by atoms with Crippen molar-refractivity contribution in [2.24, 2.45) is 0 Å². The van der Waals surface area contributed by atoms with Crippen LogP contribution in [0.25, 0.3) is 0 Å². The van der Waals surface area contributed by atoms with Crippen LogP contribution < -0.4 is 10.6 Å². The van der Waals surface area contributed by atoms with Crippen LogP contribution in [0.4, 0.5) is 0 Å². The first-order valence-corrected chi connectivity index (χ1v) is 6.81. The van der Waals surface area contributed by atoms with Gasteiger partial charge in [-0.25, -0.2) is 0 Å². The van der Waals surface area contributed by atoms with E-state index in [1.54, 1.807) is 0 Å². The molecule has 0 rings (SSSR count). The zero-order chi connectivity index (χ0) is 15.7. The molecular weight excluding hydrogens is 260 g/mol. The average molecular weight is 284 g/mol. The summed E-state index contributed by atoms with van der Waals surface area (Å²) in [7, 11) is 0. The summed E-state index contributed by atoms with van der Waals surface area (Å²) in [6, 6.07) is -0.662. The molecular formula is C14H24N2O4. The third-order valence-electron chi connectivity index (χ3n) is 2.60. The molecule has 2 N–H and O–H groups in total. The van der Waals surface area contributed by atoms with Crippen molar-refractivity contribution in [3.05, 3.63) is 0 Å². The molecule has 0 bridgehead atoms. The summed E-state index contributed by atoms with van der Waals surface area (Å²) in [6.07, 6.45) is 0.656. The van der Waals surface area contributed by atoms with E-state index in [0.717, 1.165) is 0 Å². The number of carbonyl (C=O) groups is 4. The van der Waals surface area contributed by atoms with Crippen molar-refractivity contribution in [2.45, 2.75) is 65.5 Å². The highest BCUT2D eigenvalue weighted by molar-refractivity contribution is 5.91. The summed E-state index contributed by atoms with van der Waals surface area (Å²) in [6.45, 7) is 6.43. The van der Waals surface area contributed by atoms with E-state index in [9.17, 15) is 19.2 Å². The number of rotatable bonds is 9. The Kier molecular flexibility index (Phi) is 8.43. The standard InChI is InChI=1S/C14H24N2O4/c1-9(2)15-14(20)8-7-13(19)12(16-11(4)18)6-5-10(3)17/h9,12H,5-8H2,1-4H3,(H,15,20)(H,16,18). The monoisotopic (exact) mass is 284 g/mol. The van der Waals surface area contributed by atoms with E-state index in [0.29, 0.717) is 0 Å². The highest BCUT2D eigenvalue weighted by atomic mass is 16.2. The van der Waals surface area contributed by atoms with Crippen molar-refractivity contribution in [1.82, 2.24) is 10.6 Å². The molecule has 0 aliphatic heterocycles. The summed E-state index contributed by atoms with van der Waals surface area (Å²) in [5.74, 6) is -0.772. The molecule has 0 aromatic rings. The molecule has 6 heteroatoms. The molecule has 20 heavy (non-hydrogen) atoms. The van der Waals surface area contributed by atoms with E-state index >= 15 is 0 Å². The van der Waals surface area contributed by atoms with Crippen molar-refractivity contribution in [2.75, 3.05) is 0 Å². The molecule has 6 nitrogen and oxygen atoms in total. The van der Waals surface area contributed by atoms with Crippen LogP contribution in [0.1, 0.15) is 53.4 Å². The van der Waals surface area contributed by atoms with Crippen molar-refractivity contribution >= 4 is 23.4 Å². The van der Waals surface area contributed by atoms with Gasteiger partial charge in [0.2, 0.25) is 11.8 Å². The molecule has 0 spiro atoms. The van der Waals surface area contributed by atoms with E-state index in [1.807, 2.05) is 13.8 Å². The Morgan fingerprint density at radius 3 is 1.95 bits per heavy atom. The van der Waals surface area contributed by atoms with Gasteiger partial charge in [0.25, 0.3) is 0 Å². The molecule has 0 aromatic carbocycles. The summed E-state index contributed by atoms with van der Waals surface area (Å²) < 4.78 is 0. The lowest BCUT2D eigenvalue weighted by molar-refractivity contribution is -0.129. The van der Waals surface area contributed by atoms with Crippen LogP contribution in [0.2, 0.25) is 0 Å². The second-order valence-electron chi connectivity index (χ2n) is 5.18. The van der Waals surface area contributed by atoms with Crippen LogP contribution in [0.5, 0.6) is 0 Å². The molecule has 0 radical (unpaired) electrons. The number of amides is 2. The fourth-order valence-electron chi connectivity index (χ4n) is 1.71. The molecule has 0 heterocycles. The SMILES string of the molecule is CC(=O)CCC(NC(C)=O)C(=O)CCC(=O)NC(C)C. The molecule has 2 amide bonds. The van der Waals surface area contributed by atoms with E-state index < -0.39 is 6.04 Å². The Balaban J connectivity index is 4.35. The van der Waals surface area contributed by atoms with E-state index in [4.69, 9.17) is 0 Å². The maximum Gasteiger partial charge on any atom is 0.220 e. The predicted octanol–water partition coefficient (Wildman–Crippen LogP) is 0.734. The Morgan fingerprint density at radius 1 is 0.900 bits per heavy atom. The van der Waals surface area contributed by atoms with E-state index in [1.165, 1.54) is 13.8 Å². The Labute approximate surface area is 119 Å². The zero-order valence-electron chi connectivity index (χ0n) is 12.6. The van der Waals surface area contributed by atoms with Crippen LogP contribution in [-0.2, 0) is 19.2 Å². The van der Waals surface area contributed by atoms with Gasteiger partial charge >= 0.3 is 0 Å². The predicted molar refractivity (Wildman–Crippen MR) is 75.0 cm³/mol. The minimum absolute atomic E-state index is 0.0291. The zero-order valence-corrected chi connectivity index (χ0v) is 12.6. The van der Waals surface area contributed by atoms with Crippen molar-refractivity contribution < 1.29 is 19.2 Å². The molecule has 0 saturated carbocycles. The number of ketones is 2. The van der Waals surface area contributed by atoms with Gasteiger partial charge in [0.15, 0.2) is 5.78 Å². The maximum absolute atomic E-state index is 12.0. The van der Waals surface area contributed by atoms with Crippen molar-refractivity contribution in [1.29, 1.82) is 0 Å². The van der Waals surface area contributed by atoms with Crippen LogP contribution >= 0.6 is 0 Å². The van der Waals surface area contributed by atoms with Gasteiger partial charge in [-0.15, -0.1) is 0 Å². The average Bonchev–Trinajstić information content (AvgIpc) is 2.29. The molecule has 0 fully saturated rings. The summed E-state index contributed by atoms with van der Waals surface area (Å²) >= 11 is 0. The van der Waals surface area contributed by atoms with Crippen molar-refractivity contribution in [3.63, 3.8) is 0 Å². The van der Waals surface area contributed by atoms with Gasteiger partial charge in [-0.05, 0) is 27.2 Å². The number of hydrogen-bond donors (Lipinski definition) is 2. The number of Topliss-reactive ketones (excluding diaryl/α,β-unsaturated/α-hetero) is 2. The summed E-state index contributed by atoms with van der Waals surface area (Å²) in [5, 5.41) is 5.22. The smallest absolute Gasteiger partial charge is 0.220 e. The molecule has 0 saturated heterocycles. The molecule has 1 unspecified atom stereocenters. The first-order chi connectivity index (χ1) is 9.22. The molecule has 0 aliphatic carbocycles. The van der Waals surface area contributed by atoms with Gasteiger partial charge in [0, 0.05) is 32.2 Å². The Bertz CT molecular complexity index is 377. The minimum Gasteiger partial charge on any atom is -0.354 e. The first kappa shape index (κ1) is 18.3. The van der Waals surface area contributed by atoms with Crippen molar-refractivity contribution in [3.8, 4) is 0 Å². The van der Waals surface area contributed by atoms with Gasteiger partial charge in [0.1, 0.15) is 5.78 Å². The molecule has 114 valence electrons. The fourth-order valence-corrected chi connectivity index (χ4v) is 1.71. The third-order valence-corrected chi connectivity index (χ3v) is 2.60. The van der Waals surface area contributed by atoms with E-state index in [2.05, 4.69) is 10.6 Å². The van der Waals surface area contributed by atoms with Gasteiger partial charge in [-0.2, -0.15) is 0 Å². The molecule has 0 aliphatic rings. The first-order valence-electron chi connectivity index (χ1n) is 6.81. The fraction of sp³-hybridized carbons (Fsp3) is 0.714. The number of nitrogens with one attached hydrogen (secondary N) is 2. The minimum atomic E-state index is -0.691. The highest BCUT2D eigenvalue weighted by Gasteiger charge is 2.20. The van der Waals surface area contributed by atoms with Crippen LogP contribution in [0.15, 0.2) is 0 Å². The second kappa shape index (κ2) is 9.23. The van der Waals surface area contributed by atoms with Gasteiger partial charge in [-0.1, -0.05) is 0 Å². The third kappa shape index (κ3) is 9.24. The topological polar surface area (TPSA) is 92.3 Å².